The fourth-order valence-corrected chi connectivity index (χ4v) is 7.12. The number of amides is 2. The number of fused-ring (bicyclic) bond motifs is 1. The lowest BCUT2D eigenvalue weighted by atomic mass is 10.0. The average Bonchev–Trinajstić information content (AvgIpc) is 3.36. The molecule has 1 saturated heterocycles. The van der Waals surface area contributed by atoms with E-state index in [1.54, 1.807) is 24.7 Å². The number of oxime groups is 1. The van der Waals surface area contributed by atoms with Crippen molar-refractivity contribution < 1.29 is 38.8 Å². The van der Waals surface area contributed by atoms with Gasteiger partial charge >= 0.3 is 11.1 Å². The number of nitrogen functional groups attached to an aromatic ring is 2. The molecule has 1 fully saturated rings. The van der Waals surface area contributed by atoms with Gasteiger partial charge in [-0.2, -0.15) is 0 Å². The van der Waals surface area contributed by atoms with Crippen LogP contribution in [0.4, 0.5) is 16.8 Å². The minimum absolute atomic E-state index is 0.0665. The number of β-lactam (4-membered cyclic amide) rings is 1. The third-order valence-electron chi connectivity index (χ3n) is 6.08. The fraction of sp³-hybridized carbons (Fsp3) is 0.391. The van der Waals surface area contributed by atoms with Gasteiger partial charge in [-0.15, -0.1) is 23.1 Å². The first-order valence-electron chi connectivity index (χ1n) is 12.2. The summed E-state index contributed by atoms with van der Waals surface area (Å²) in [5.41, 5.74) is 11.5. The normalized spacial score (nSPS) is 19.1. The number of rotatable bonds is 12. The van der Waals surface area contributed by atoms with Crippen LogP contribution >= 0.6 is 34.9 Å². The van der Waals surface area contributed by atoms with E-state index in [2.05, 4.69) is 25.8 Å². The number of carboxylic acid groups (broad SMARTS) is 2. The number of carboxylic acids is 2. The molecule has 7 N–H and O–H groups in total. The Hall–Kier alpha value is -4.10. The van der Waals surface area contributed by atoms with E-state index in [4.69, 9.17) is 21.4 Å². The molecule has 2 aliphatic rings. The Morgan fingerprint density at radius 3 is 2.74 bits per heavy atom. The Bertz CT molecular complexity index is 1500. The smallest absolute Gasteiger partial charge is 0.307 e. The number of hydrogen-bond acceptors (Lipinski definition) is 15. The van der Waals surface area contributed by atoms with Crippen LogP contribution in [0.5, 0.6) is 0 Å². The van der Waals surface area contributed by atoms with E-state index < -0.39 is 41.3 Å². The van der Waals surface area contributed by atoms with Gasteiger partial charge in [0.05, 0.1) is 31.2 Å². The molecule has 2 aliphatic heterocycles. The summed E-state index contributed by atoms with van der Waals surface area (Å²) in [5, 5.41) is 31.9. The van der Waals surface area contributed by atoms with E-state index >= 15 is 0 Å². The van der Waals surface area contributed by atoms with Gasteiger partial charge in [0.15, 0.2) is 10.8 Å². The minimum atomic E-state index is -1.52. The number of carbonyl (C=O) groups excluding carboxylic acids is 3. The van der Waals surface area contributed by atoms with Crippen LogP contribution < -0.4 is 31.8 Å². The van der Waals surface area contributed by atoms with Gasteiger partial charge in [-0.25, -0.2) is 9.55 Å². The predicted octanol–water partition coefficient (Wildman–Crippen LogP) is -1.65. The zero-order chi connectivity index (χ0) is 30.7. The Kier molecular flexibility index (Phi) is 9.42. The number of thiazole rings is 1. The third-order valence-corrected chi connectivity index (χ3v) is 9.21. The first kappa shape index (κ1) is 30.8. The van der Waals surface area contributed by atoms with Crippen LogP contribution in [-0.4, -0.2) is 85.5 Å². The SMILES string of the molecule is CNc1cc(N)nc(SCC2=C(C(=O)[O-])N3C(=O)C(NC(=O)/C(=N\OC(C)CC(=O)O)c4csc(N)n4)[C@H]3SC2)[n+]1C. The molecule has 0 radical (unpaired) electrons. The molecule has 0 aromatic carbocycles. The standard InChI is InChI=1S/C23H27N9O7S3/c1-9(4-14(33)34)39-30-15(11-8-41-22(25)27-11)18(35)29-16-19(36)32-17(21(37)38)10(6-40-20(16)32)7-42-23-28-12(24)5-13(26-2)31(23)3/h5,8-9,16,20H,4,6-7H2,1-3H3,(H7,24,25,26,27,29,33,34,35,37,38)/b30-15-/t9?,16?,20-/m1/s1. The second-order valence-electron chi connectivity index (χ2n) is 9.07. The predicted molar refractivity (Wildman–Crippen MR) is 153 cm³/mol. The lowest BCUT2D eigenvalue weighted by Crippen LogP contribution is -2.71. The maximum absolute atomic E-state index is 13.2. The third kappa shape index (κ3) is 6.52. The van der Waals surface area contributed by atoms with E-state index in [1.807, 2.05) is 0 Å². The summed E-state index contributed by atoms with van der Waals surface area (Å²) in [4.78, 5) is 64.1. The Labute approximate surface area is 251 Å². The quantitative estimate of drug-likeness (QED) is 0.0437. The molecule has 0 saturated carbocycles. The summed E-state index contributed by atoms with van der Waals surface area (Å²) in [6.45, 7) is 1.46. The topological polar surface area (TPSA) is 242 Å². The zero-order valence-corrected chi connectivity index (χ0v) is 25.0. The molecule has 4 heterocycles. The van der Waals surface area contributed by atoms with E-state index in [0.717, 1.165) is 16.2 Å². The van der Waals surface area contributed by atoms with Gasteiger partial charge in [-0.05, 0) is 24.3 Å². The van der Waals surface area contributed by atoms with Crippen molar-refractivity contribution in [3.05, 3.63) is 28.4 Å². The number of nitrogens with one attached hydrogen (secondary N) is 2. The number of aromatic nitrogens is 3. The van der Waals surface area contributed by atoms with Crippen LogP contribution in [0.15, 0.2) is 33.0 Å². The van der Waals surface area contributed by atoms with E-state index in [-0.39, 0.29) is 46.0 Å². The van der Waals surface area contributed by atoms with Crippen molar-refractivity contribution >= 4 is 81.1 Å². The van der Waals surface area contributed by atoms with Crippen LogP contribution in [-0.2, 0) is 31.1 Å². The minimum Gasteiger partial charge on any atom is -0.543 e. The number of anilines is 3. The van der Waals surface area contributed by atoms with Crippen LogP contribution in [0.1, 0.15) is 19.0 Å². The van der Waals surface area contributed by atoms with Gasteiger partial charge in [-0.1, -0.05) is 10.1 Å². The largest absolute Gasteiger partial charge is 0.543 e. The summed E-state index contributed by atoms with van der Waals surface area (Å²) in [5.74, 6) is -2.67. The van der Waals surface area contributed by atoms with E-state index in [0.29, 0.717) is 16.5 Å². The average molecular weight is 638 g/mol. The summed E-state index contributed by atoms with van der Waals surface area (Å²) >= 11 is 3.57. The van der Waals surface area contributed by atoms with E-state index in [9.17, 15) is 24.3 Å². The summed E-state index contributed by atoms with van der Waals surface area (Å²) in [6, 6.07) is 0.585. The van der Waals surface area contributed by atoms with Crippen LogP contribution in [0.2, 0.25) is 0 Å². The van der Waals surface area contributed by atoms with Crippen LogP contribution in [0.25, 0.3) is 0 Å². The molecule has 2 amide bonds. The van der Waals surface area contributed by atoms with Gasteiger partial charge in [0, 0.05) is 23.9 Å². The van der Waals surface area contributed by atoms with Crippen molar-refractivity contribution in [3.63, 3.8) is 0 Å². The second kappa shape index (κ2) is 12.8. The number of thioether (sulfide) groups is 2. The zero-order valence-electron chi connectivity index (χ0n) is 22.5. The molecule has 224 valence electrons. The Morgan fingerprint density at radius 2 is 2.12 bits per heavy atom. The van der Waals surface area contributed by atoms with Crippen molar-refractivity contribution in [2.75, 3.05) is 35.3 Å². The maximum atomic E-state index is 13.2. The fourth-order valence-electron chi connectivity index (χ4n) is 4.10. The molecule has 0 spiro atoms. The van der Waals surface area contributed by atoms with Crippen molar-refractivity contribution in [2.45, 2.75) is 36.0 Å². The number of hydrogen-bond donors (Lipinski definition) is 5. The van der Waals surface area contributed by atoms with Crippen molar-refractivity contribution in [1.82, 2.24) is 20.2 Å². The second-order valence-corrected chi connectivity index (χ2v) is 12.0. The van der Waals surface area contributed by atoms with Crippen LogP contribution in [0.3, 0.4) is 0 Å². The molecule has 0 bridgehead atoms. The van der Waals surface area contributed by atoms with Gasteiger partial charge in [0.2, 0.25) is 11.6 Å². The highest BCUT2D eigenvalue weighted by Crippen LogP contribution is 2.41. The van der Waals surface area contributed by atoms with Crippen molar-refractivity contribution in [1.29, 1.82) is 0 Å². The monoisotopic (exact) mass is 637 g/mol. The molecule has 42 heavy (non-hydrogen) atoms. The summed E-state index contributed by atoms with van der Waals surface area (Å²) < 4.78 is 1.76. The lowest BCUT2D eigenvalue weighted by molar-refractivity contribution is -0.699. The summed E-state index contributed by atoms with van der Waals surface area (Å²) in [7, 11) is 3.51. The number of carbonyl (C=O) groups is 4. The molecule has 2 unspecified atom stereocenters. The highest BCUT2D eigenvalue weighted by atomic mass is 32.2. The molecule has 3 atom stereocenters. The maximum Gasteiger partial charge on any atom is 0.307 e. The molecule has 16 nitrogen and oxygen atoms in total. The van der Waals surface area contributed by atoms with Crippen molar-refractivity contribution in [2.24, 2.45) is 12.2 Å². The van der Waals surface area contributed by atoms with Gasteiger partial charge in [-0.3, -0.25) is 19.3 Å². The van der Waals surface area contributed by atoms with Crippen molar-refractivity contribution in [3.8, 4) is 0 Å². The molecule has 2 aromatic heterocycles. The molecule has 2 aromatic rings. The lowest BCUT2D eigenvalue weighted by Gasteiger charge is -2.50. The Morgan fingerprint density at radius 1 is 1.38 bits per heavy atom. The number of aliphatic carboxylic acids is 2. The molecule has 19 heteroatoms. The first-order chi connectivity index (χ1) is 19.9. The van der Waals surface area contributed by atoms with Gasteiger partial charge in [0.25, 0.3) is 11.8 Å². The highest BCUT2D eigenvalue weighted by Gasteiger charge is 2.53. The summed E-state index contributed by atoms with van der Waals surface area (Å²) in [6.07, 6.45) is -1.23. The molecular weight excluding hydrogens is 611 g/mol. The molecule has 0 aliphatic carbocycles. The molecule has 4 rings (SSSR count). The molecular formula is C23H27N9O7S3. The van der Waals surface area contributed by atoms with Gasteiger partial charge < -0.3 is 41.9 Å². The van der Waals surface area contributed by atoms with Gasteiger partial charge in [0.1, 0.15) is 23.2 Å². The van der Waals surface area contributed by atoms with E-state index in [1.165, 1.54) is 35.8 Å². The highest BCUT2D eigenvalue weighted by molar-refractivity contribution is 8.01. The number of nitrogens with zero attached hydrogens (tertiary/aromatic N) is 5. The Balaban J connectivity index is 1.51. The van der Waals surface area contributed by atoms with Crippen LogP contribution in [0, 0.1) is 0 Å². The first-order valence-corrected chi connectivity index (χ1v) is 15.2. The number of nitrogens with two attached hydrogens (primary N) is 2.